The molecule has 0 fully saturated rings. The Labute approximate surface area is 139 Å². The first-order chi connectivity index (χ1) is 11.8. The minimum atomic E-state index is -4.82. The molecule has 0 aliphatic carbocycles. The molecule has 0 saturated heterocycles. The molecule has 7 nitrogen and oxygen atoms in total. The zero-order valence-corrected chi connectivity index (χ0v) is 12.6. The van der Waals surface area contributed by atoms with Crippen molar-refractivity contribution in [2.24, 2.45) is 16.5 Å². The van der Waals surface area contributed by atoms with Gasteiger partial charge in [-0.1, -0.05) is 6.07 Å². The van der Waals surface area contributed by atoms with E-state index in [1.807, 2.05) is 0 Å². The van der Waals surface area contributed by atoms with Crippen molar-refractivity contribution in [2.45, 2.75) is 12.3 Å². The number of benzene rings is 1. The van der Waals surface area contributed by atoms with E-state index in [0.29, 0.717) is 5.69 Å². The molecule has 3 rings (SSSR count). The fraction of sp³-hybridized carbons (Fsp3) is 0.133. The van der Waals surface area contributed by atoms with Gasteiger partial charge in [-0.2, -0.15) is 18.2 Å². The maximum absolute atomic E-state index is 13.3. The third kappa shape index (κ3) is 3.18. The SMILES string of the molecule is NC(N)=NC(=O)C1=Cc2c(cccc2-n2ccnc2)OC1C(F)(F)F. The van der Waals surface area contributed by atoms with Crippen molar-refractivity contribution in [1.29, 1.82) is 0 Å². The predicted octanol–water partition coefficient (Wildman–Crippen LogP) is 1.38. The van der Waals surface area contributed by atoms with Crippen LogP contribution < -0.4 is 16.2 Å². The maximum Gasteiger partial charge on any atom is 0.429 e. The van der Waals surface area contributed by atoms with Gasteiger partial charge < -0.3 is 20.8 Å². The van der Waals surface area contributed by atoms with Gasteiger partial charge >= 0.3 is 6.18 Å². The van der Waals surface area contributed by atoms with Crippen LogP contribution in [0.4, 0.5) is 13.2 Å². The standard InChI is InChI=1S/C15H12F3N5O2/c16-15(17,18)12-9(13(24)22-14(19)20)6-8-10(23-5-4-21-7-23)2-1-3-11(8)25-12/h1-7,12H,(H4,19,20,22,24). The number of imidazole rings is 1. The first-order valence-corrected chi connectivity index (χ1v) is 6.97. The van der Waals surface area contributed by atoms with Crippen molar-refractivity contribution in [3.8, 4) is 11.4 Å². The highest BCUT2D eigenvalue weighted by Crippen LogP contribution is 2.39. The maximum atomic E-state index is 13.3. The fourth-order valence-electron chi connectivity index (χ4n) is 2.43. The molecular weight excluding hydrogens is 339 g/mol. The number of amides is 1. The molecule has 130 valence electrons. The molecule has 1 aliphatic rings. The third-order valence-electron chi connectivity index (χ3n) is 3.43. The Bertz CT molecular complexity index is 868. The van der Waals surface area contributed by atoms with Gasteiger partial charge in [0, 0.05) is 18.0 Å². The van der Waals surface area contributed by atoms with Crippen LogP contribution in [0.3, 0.4) is 0 Å². The summed E-state index contributed by atoms with van der Waals surface area (Å²) in [5, 5.41) is 0. The van der Waals surface area contributed by atoms with Crippen molar-refractivity contribution in [3.63, 3.8) is 0 Å². The second-order valence-corrected chi connectivity index (χ2v) is 5.14. The second kappa shape index (κ2) is 5.96. The number of aromatic nitrogens is 2. The van der Waals surface area contributed by atoms with Crippen molar-refractivity contribution in [1.82, 2.24) is 9.55 Å². The van der Waals surface area contributed by atoms with Gasteiger partial charge in [-0.15, -0.1) is 0 Å². The van der Waals surface area contributed by atoms with Crippen LogP contribution >= 0.6 is 0 Å². The number of ether oxygens (including phenoxy) is 1. The van der Waals surface area contributed by atoms with Crippen LogP contribution in [0.2, 0.25) is 0 Å². The summed E-state index contributed by atoms with van der Waals surface area (Å²) in [4.78, 5) is 19.1. The zero-order valence-electron chi connectivity index (χ0n) is 12.6. The van der Waals surface area contributed by atoms with Crippen molar-refractivity contribution >= 4 is 17.9 Å². The summed E-state index contributed by atoms with van der Waals surface area (Å²) in [6, 6.07) is 4.57. The molecule has 0 radical (unpaired) electrons. The number of hydrogen-bond donors (Lipinski definition) is 2. The number of carbonyl (C=O) groups is 1. The van der Waals surface area contributed by atoms with E-state index in [-0.39, 0.29) is 11.3 Å². The molecule has 0 bridgehead atoms. The van der Waals surface area contributed by atoms with Gasteiger partial charge in [0.15, 0.2) is 5.96 Å². The second-order valence-electron chi connectivity index (χ2n) is 5.14. The van der Waals surface area contributed by atoms with Crippen LogP contribution in [0.1, 0.15) is 5.56 Å². The number of hydrogen-bond acceptors (Lipinski definition) is 3. The highest BCUT2D eigenvalue weighted by atomic mass is 19.4. The number of nitrogens with zero attached hydrogens (tertiary/aromatic N) is 3. The van der Waals surface area contributed by atoms with Crippen LogP contribution in [0.25, 0.3) is 11.8 Å². The lowest BCUT2D eigenvalue weighted by molar-refractivity contribution is -0.185. The van der Waals surface area contributed by atoms with Gasteiger partial charge in [-0.3, -0.25) is 4.79 Å². The van der Waals surface area contributed by atoms with E-state index in [0.717, 1.165) is 6.08 Å². The lowest BCUT2D eigenvalue weighted by Crippen LogP contribution is -2.40. The molecule has 2 aromatic rings. The van der Waals surface area contributed by atoms with Gasteiger partial charge in [0.1, 0.15) is 5.75 Å². The number of alkyl halides is 3. The van der Waals surface area contributed by atoms with E-state index in [1.165, 1.54) is 24.7 Å². The minimum Gasteiger partial charge on any atom is -0.475 e. The van der Waals surface area contributed by atoms with Crippen molar-refractivity contribution in [2.75, 3.05) is 0 Å². The minimum absolute atomic E-state index is 0.0187. The van der Waals surface area contributed by atoms with Crippen LogP contribution in [0, 0.1) is 0 Å². The van der Waals surface area contributed by atoms with Gasteiger partial charge in [-0.05, 0) is 18.2 Å². The molecule has 1 amide bonds. The average molecular weight is 351 g/mol. The Balaban J connectivity index is 2.18. The van der Waals surface area contributed by atoms with Crippen LogP contribution in [0.15, 0.2) is 47.5 Å². The van der Waals surface area contributed by atoms with E-state index < -0.39 is 29.7 Å². The van der Waals surface area contributed by atoms with E-state index in [9.17, 15) is 18.0 Å². The summed E-state index contributed by atoms with van der Waals surface area (Å²) >= 11 is 0. The van der Waals surface area contributed by atoms with Crippen molar-refractivity contribution < 1.29 is 22.7 Å². The number of guanidine groups is 1. The summed E-state index contributed by atoms with van der Waals surface area (Å²) in [6.07, 6.45) is -1.61. The number of aliphatic imine (C=N–C) groups is 1. The summed E-state index contributed by atoms with van der Waals surface area (Å²) in [5.41, 5.74) is 10.3. The smallest absolute Gasteiger partial charge is 0.429 e. The van der Waals surface area contributed by atoms with E-state index in [1.54, 1.807) is 16.8 Å². The molecular formula is C15H12F3N5O2. The predicted molar refractivity (Wildman–Crippen MR) is 82.8 cm³/mol. The number of fused-ring (bicyclic) bond motifs is 1. The number of rotatable bonds is 2. The number of nitrogens with two attached hydrogens (primary N) is 2. The van der Waals surface area contributed by atoms with Crippen LogP contribution in [-0.4, -0.2) is 33.7 Å². The highest BCUT2D eigenvalue weighted by molar-refractivity contribution is 6.06. The average Bonchev–Trinajstić information content (AvgIpc) is 3.05. The molecule has 2 heterocycles. The summed E-state index contributed by atoms with van der Waals surface area (Å²) in [5.74, 6) is -1.87. The molecule has 1 aromatic carbocycles. The molecule has 1 atom stereocenters. The van der Waals surface area contributed by atoms with Crippen molar-refractivity contribution in [3.05, 3.63) is 48.1 Å². The van der Waals surface area contributed by atoms with Gasteiger partial charge in [0.25, 0.3) is 5.91 Å². The van der Waals surface area contributed by atoms with Gasteiger partial charge in [-0.25, -0.2) is 4.98 Å². The Morgan fingerprint density at radius 2 is 2.08 bits per heavy atom. The van der Waals surface area contributed by atoms with Crippen LogP contribution in [0.5, 0.6) is 5.75 Å². The lowest BCUT2D eigenvalue weighted by atomic mass is 9.99. The monoisotopic (exact) mass is 351 g/mol. The zero-order chi connectivity index (χ0) is 18.2. The quantitative estimate of drug-likeness (QED) is 0.628. The molecule has 0 saturated carbocycles. The Hall–Kier alpha value is -3.30. The summed E-state index contributed by atoms with van der Waals surface area (Å²) in [6.45, 7) is 0. The molecule has 4 N–H and O–H groups in total. The molecule has 1 unspecified atom stereocenters. The van der Waals surface area contributed by atoms with Gasteiger partial charge in [0.05, 0.1) is 17.6 Å². The third-order valence-corrected chi connectivity index (χ3v) is 3.43. The Morgan fingerprint density at radius 1 is 1.32 bits per heavy atom. The highest BCUT2D eigenvalue weighted by Gasteiger charge is 2.48. The lowest BCUT2D eigenvalue weighted by Gasteiger charge is -2.28. The molecule has 10 heteroatoms. The number of carbonyl (C=O) groups excluding carboxylic acids is 1. The van der Waals surface area contributed by atoms with E-state index in [2.05, 4.69) is 9.98 Å². The first-order valence-electron chi connectivity index (χ1n) is 6.97. The molecule has 1 aromatic heterocycles. The Kier molecular flexibility index (Phi) is 3.95. The first kappa shape index (κ1) is 16.6. The molecule has 0 spiro atoms. The normalized spacial score (nSPS) is 16.4. The largest absolute Gasteiger partial charge is 0.475 e. The summed E-state index contributed by atoms with van der Waals surface area (Å²) < 4.78 is 46.6. The topological polar surface area (TPSA) is 109 Å². The summed E-state index contributed by atoms with van der Waals surface area (Å²) in [7, 11) is 0. The van der Waals surface area contributed by atoms with Gasteiger partial charge in [0.2, 0.25) is 6.10 Å². The molecule has 25 heavy (non-hydrogen) atoms. The number of halogens is 3. The Morgan fingerprint density at radius 3 is 2.68 bits per heavy atom. The van der Waals surface area contributed by atoms with E-state index in [4.69, 9.17) is 16.2 Å². The van der Waals surface area contributed by atoms with E-state index >= 15 is 0 Å². The molecule has 1 aliphatic heterocycles. The fourth-order valence-corrected chi connectivity index (χ4v) is 2.43. The van der Waals surface area contributed by atoms with Crippen LogP contribution in [-0.2, 0) is 4.79 Å².